The van der Waals surface area contributed by atoms with Crippen molar-refractivity contribution in [2.45, 2.75) is 52.6 Å². The average molecular weight is 302 g/mol. The van der Waals surface area contributed by atoms with Crippen molar-refractivity contribution in [1.29, 1.82) is 0 Å². The molecule has 5 nitrogen and oxygen atoms in total. The van der Waals surface area contributed by atoms with Crippen molar-refractivity contribution in [3.05, 3.63) is 16.4 Å². The van der Waals surface area contributed by atoms with Gasteiger partial charge < -0.3 is 5.11 Å². The van der Waals surface area contributed by atoms with E-state index in [-0.39, 0.29) is 6.42 Å². The van der Waals surface area contributed by atoms with E-state index >= 15 is 0 Å². The van der Waals surface area contributed by atoms with Gasteiger partial charge in [0.05, 0.1) is 16.4 Å². The van der Waals surface area contributed by atoms with Gasteiger partial charge in [-0.1, -0.05) is 18.5 Å². The Labute approximate surface area is 125 Å². The van der Waals surface area contributed by atoms with Gasteiger partial charge in [0.1, 0.15) is 0 Å². The summed E-state index contributed by atoms with van der Waals surface area (Å²) in [5.41, 5.74) is 1.91. The molecule has 0 atom stereocenters. The molecule has 6 heteroatoms. The molecule has 0 spiro atoms. The van der Waals surface area contributed by atoms with Crippen LogP contribution in [0.1, 0.15) is 45.0 Å². The van der Waals surface area contributed by atoms with Gasteiger partial charge in [0, 0.05) is 26.1 Å². The van der Waals surface area contributed by atoms with E-state index in [1.165, 1.54) is 0 Å². The van der Waals surface area contributed by atoms with E-state index in [1.54, 1.807) is 0 Å². The van der Waals surface area contributed by atoms with Crippen LogP contribution in [0.5, 0.6) is 0 Å². The van der Waals surface area contributed by atoms with Crippen LogP contribution in [0.4, 0.5) is 0 Å². The van der Waals surface area contributed by atoms with Gasteiger partial charge in [0.2, 0.25) is 0 Å². The highest BCUT2D eigenvalue weighted by molar-refractivity contribution is 6.31. The van der Waals surface area contributed by atoms with Gasteiger partial charge in [-0.25, -0.2) is 0 Å². The first-order valence-electron chi connectivity index (χ1n) is 7.02. The molecule has 0 saturated carbocycles. The summed E-state index contributed by atoms with van der Waals surface area (Å²) in [4.78, 5) is 12.8. The minimum Gasteiger partial charge on any atom is -0.481 e. The number of aromatic nitrogens is 2. The summed E-state index contributed by atoms with van der Waals surface area (Å²) in [7, 11) is 1.90. The predicted octanol–water partition coefficient (Wildman–Crippen LogP) is 2.71. The van der Waals surface area contributed by atoms with E-state index in [2.05, 4.69) is 23.8 Å². The summed E-state index contributed by atoms with van der Waals surface area (Å²) in [6.45, 7) is 7.68. The van der Waals surface area contributed by atoms with Crippen LogP contribution in [0.15, 0.2) is 0 Å². The molecule has 1 heterocycles. The van der Waals surface area contributed by atoms with Crippen molar-refractivity contribution < 1.29 is 9.90 Å². The average Bonchev–Trinajstić information content (AvgIpc) is 2.63. The fourth-order valence-electron chi connectivity index (χ4n) is 2.14. The van der Waals surface area contributed by atoms with Gasteiger partial charge in [0.25, 0.3) is 0 Å². The molecule has 0 fully saturated rings. The number of carboxylic acids is 1. The molecular weight excluding hydrogens is 278 g/mol. The molecule has 1 aromatic heterocycles. The van der Waals surface area contributed by atoms with Gasteiger partial charge in [-0.15, -0.1) is 0 Å². The van der Waals surface area contributed by atoms with E-state index in [9.17, 15) is 4.79 Å². The molecule has 0 radical (unpaired) electrons. The number of aryl methyl sites for hydroxylation is 2. The highest BCUT2D eigenvalue weighted by atomic mass is 35.5. The molecule has 0 aliphatic carbocycles. The summed E-state index contributed by atoms with van der Waals surface area (Å²) >= 11 is 6.36. The SMILES string of the molecule is CCc1nn(C)c(CN(CCCC(=O)O)C(C)C)c1Cl. The highest BCUT2D eigenvalue weighted by Crippen LogP contribution is 2.23. The second-order valence-corrected chi connectivity index (χ2v) is 5.62. The number of halogens is 1. The van der Waals surface area contributed by atoms with Crippen LogP contribution in [0, 0.1) is 0 Å². The summed E-state index contributed by atoms with van der Waals surface area (Å²) in [6.07, 6.45) is 1.65. The van der Waals surface area contributed by atoms with Gasteiger partial charge in [-0.2, -0.15) is 5.10 Å². The molecular formula is C14H24ClN3O2. The number of carboxylic acid groups (broad SMARTS) is 1. The second kappa shape index (κ2) is 7.64. The van der Waals surface area contributed by atoms with Crippen LogP contribution in [0.25, 0.3) is 0 Å². The Kier molecular flexibility index (Phi) is 6.49. The molecule has 20 heavy (non-hydrogen) atoms. The fraction of sp³-hybridized carbons (Fsp3) is 0.714. The smallest absolute Gasteiger partial charge is 0.303 e. The third-order valence-corrected chi connectivity index (χ3v) is 3.86. The molecule has 0 aliphatic rings. The maximum Gasteiger partial charge on any atom is 0.303 e. The lowest BCUT2D eigenvalue weighted by molar-refractivity contribution is -0.137. The van der Waals surface area contributed by atoms with Crippen molar-refractivity contribution in [2.24, 2.45) is 7.05 Å². The summed E-state index contributed by atoms with van der Waals surface area (Å²) in [5.74, 6) is -0.749. The Balaban J connectivity index is 2.75. The van der Waals surface area contributed by atoms with Crippen LogP contribution in [-0.4, -0.2) is 38.3 Å². The minimum atomic E-state index is -0.749. The monoisotopic (exact) mass is 301 g/mol. The first-order valence-corrected chi connectivity index (χ1v) is 7.40. The largest absolute Gasteiger partial charge is 0.481 e. The Morgan fingerprint density at radius 2 is 2.15 bits per heavy atom. The molecule has 1 rings (SSSR count). The topological polar surface area (TPSA) is 58.4 Å². The molecule has 0 unspecified atom stereocenters. The Morgan fingerprint density at radius 1 is 1.50 bits per heavy atom. The lowest BCUT2D eigenvalue weighted by Crippen LogP contribution is -2.32. The number of hydrogen-bond acceptors (Lipinski definition) is 3. The molecule has 0 amide bonds. The van der Waals surface area contributed by atoms with Crippen molar-refractivity contribution in [3.8, 4) is 0 Å². The molecule has 1 aromatic rings. The van der Waals surface area contributed by atoms with Gasteiger partial charge >= 0.3 is 5.97 Å². The normalized spacial score (nSPS) is 11.6. The van der Waals surface area contributed by atoms with Crippen LogP contribution in [-0.2, 0) is 24.8 Å². The predicted molar refractivity (Wildman–Crippen MR) is 80.0 cm³/mol. The fourth-order valence-corrected chi connectivity index (χ4v) is 2.49. The number of carbonyl (C=O) groups is 1. The number of hydrogen-bond donors (Lipinski definition) is 1. The quantitative estimate of drug-likeness (QED) is 0.802. The van der Waals surface area contributed by atoms with Gasteiger partial charge in [-0.3, -0.25) is 14.4 Å². The standard InChI is InChI=1S/C14H24ClN3O2/c1-5-11-14(15)12(17(4)16-11)9-18(10(2)3)8-6-7-13(19)20/h10H,5-9H2,1-4H3,(H,19,20). The van der Waals surface area contributed by atoms with Crippen molar-refractivity contribution in [2.75, 3.05) is 6.54 Å². The Morgan fingerprint density at radius 3 is 2.60 bits per heavy atom. The van der Waals surface area contributed by atoms with Crippen LogP contribution < -0.4 is 0 Å². The van der Waals surface area contributed by atoms with Crippen LogP contribution in [0.3, 0.4) is 0 Å². The molecule has 0 bridgehead atoms. The van der Waals surface area contributed by atoms with Crippen molar-refractivity contribution in [1.82, 2.24) is 14.7 Å². The molecule has 1 N–H and O–H groups in total. The first-order chi connectivity index (χ1) is 9.36. The molecule has 0 aliphatic heterocycles. The lowest BCUT2D eigenvalue weighted by atomic mass is 10.2. The van der Waals surface area contributed by atoms with E-state index in [1.807, 2.05) is 18.7 Å². The van der Waals surface area contributed by atoms with Crippen molar-refractivity contribution in [3.63, 3.8) is 0 Å². The third-order valence-electron chi connectivity index (χ3n) is 3.42. The zero-order chi connectivity index (χ0) is 15.3. The van der Waals surface area contributed by atoms with Gasteiger partial charge in [0.15, 0.2) is 0 Å². The zero-order valence-electron chi connectivity index (χ0n) is 12.7. The van der Waals surface area contributed by atoms with E-state index < -0.39 is 5.97 Å². The summed E-state index contributed by atoms with van der Waals surface area (Å²) in [5, 5.41) is 13.9. The van der Waals surface area contributed by atoms with Crippen LogP contribution in [0.2, 0.25) is 5.02 Å². The van der Waals surface area contributed by atoms with E-state index in [0.29, 0.717) is 19.0 Å². The summed E-state index contributed by atoms with van der Waals surface area (Å²) in [6, 6.07) is 0.333. The zero-order valence-corrected chi connectivity index (χ0v) is 13.4. The van der Waals surface area contributed by atoms with E-state index in [4.69, 9.17) is 16.7 Å². The van der Waals surface area contributed by atoms with E-state index in [0.717, 1.165) is 29.4 Å². The summed E-state index contributed by atoms with van der Waals surface area (Å²) < 4.78 is 1.83. The van der Waals surface area contributed by atoms with Crippen molar-refractivity contribution >= 4 is 17.6 Å². The second-order valence-electron chi connectivity index (χ2n) is 5.25. The minimum absolute atomic E-state index is 0.197. The van der Waals surface area contributed by atoms with Crippen LogP contribution >= 0.6 is 11.6 Å². The number of aliphatic carboxylic acids is 1. The molecule has 0 saturated heterocycles. The Hall–Kier alpha value is -1.07. The first kappa shape index (κ1) is 17.0. The molecule has 114 valence electrons. The number of rotatable bonds is 8. The maximum atomic E-state index is 10.6. The maximum absolute atomic E-state index is 10.6. The molecule has 0 aromatic carbocycles. The Bertz CT molecular complexity index is 458. The lowest BCUT2D eigenvalue weighted by Gasteiger charge is -2.26. The number of nitrogens with zero attached hydrogens (tertiary/aromatic N) is 3. The third kappa shape index (κ3) is 4.49. The highest BCUT2D eigenvalue weighted by Gasteiger charge is 2.18. The van der Waals surface area contributed by atoms with Gasteiger partial charge in [-0.05, 0) is 33.2 Å².